The van der Waals surface area contributed by atoms with Gasteiger partial charge in [-0.2, -0.15) is 0 Å². The van der Waals surface area contributed by atoms with Crippen molar-refractivity contribution in [2.45, 2.75) is 109 Å². The van der Waals surface area contributed by atoms with Crippen LogP contribution in [0, 0.1) is 23.7 Å². The quantitative estimate of drug-likeness (QED) is 0.288. The van der Waals surface area contributed by atoms with E-state index in [1.165, 1.54) is 89.0 Å². The fourth-order valence-corrected chi connectivity index (χ4v) is 5.27. The third kappa shape index (κ3) is 8.50. The Hall–Kier alpha value is -1.52. The monoisotopic (exact) mass is 420 g/mol. The second-order valence-electron chi connectivity index (χ2n) is 9.87. The first-order chi connectivity index (χ1) is 15.3. The van der Waals surface area contributed by atoms with Crippen LogP contribution in [0.25, 0.3) is 0 Å². The Kier molecular flexibility index (Phi) is 10.7. The topological polar surface area (TPSA) is 9.23 Å². The zero-order valence-electron chi connectivity index (χ0n) is 20.1. The molecule has 170 valence electrons. The van der Waals surface area contributed by atoms with Gasteiger partial charge in [-0.15, -0.1) is 0 Å². The second-order valence-corrected chi connectivity index (χ2v) is 9.87. The molecule has 0 N–H and O–H groups in total. The van der Waals surface area contributed by atoms with Crippen LogP contribution < -0.4 is 0 Å². The maximum Gasteiger partial charge on any atom is 0.0575 e. The van der Waals surface area contributed by atoms with E-state index >= 15 is 0 Å². The summed E-state index contributed by atoms with van der Waals surface area (Å²) >= 11 is 0. The minimum atomic E-state index is 0.492. The number of benzene rings is 1. The standard InChI is InChI=1S/C30H44O/c1-3-5-9-25-12-14-26(15-13-25)10-7-8-11-27-16-18-28(19-17-27)29-20-22-30(23-21-29)31-24-6-4-2/h7,10,16-19,25-26,29-30H,3-6,9,12-15,20-24H2,1-2H3/b10-7+/t25-,26-,29-,30-. The molecule has 2 fully saturated rings. The zero-order chi connectivity index (χ0) is 21.7. The molecule has 1 aromatic carbocycles. The molecule has 0 atom stereocenters. The molecule has 0 amide bonds. The molecule has 0 aliphatic heterocycles. The molecule has 1 nitrogen and oxygen atoms in total. The lowest BCUT2D eigenvalue weighted by Crippen LogP contribution is -2.21. The first kappa shape index (κ1) is 24.1. The highest BCUT2D eigenvalue weighted by atomic mass is 16.5. The first-order valence-corrected chi connectivity index (χ1v) is 13.2. The van der Waals surface area contributed by atoms with Gasteiger partial charge in [0, 0.05) is 12.2 Å². The smallest absolute Gasteiger partial charge is 0.0575 e. The summed E-state index contributed by atoms with van der Waals surface area (Å²) < 4.78 is 6.02. The zero-order valence-corrected chi connectivity index (χ0v) is 20.1. The molecule has 0 saturated heterocycles. The molecular formula is C30H44O. The van der Waals surface area contributed by atoms with Crippen LogP contribution in [-0.4, -0.2) is 12.7 Å². The Morgan fingerprint density at radius 1 is 0.871 bits per heavy atom. The summed E-state index contributed by atoms with van der Waals surface area (Å²) in [4.78, 5) is 0. The molecule has 3 rings (SSSR count). The van der Waals surface area contributed by atoms with E-state index in [2.05, 4.69) is 62.1 Å². The lowest BCUT2D eigenvalue weighted by molar-refractivity contribution is 0.0232. The fourth-order valence-electron chi connectivity index (χ4n) is 5.27. The highest BCUT2D eigenvalue weighted by Gasteiger charge is 2.22. The van der Waals surface area contributed by atoms with Gasteiger partial charge in [-0.25, -0.2) is 0 Å². The predicted octanol–water partition coefficient (Wildman–Crippen LogP) is 8.43. The second kappa shape index (κ2) is 13.8. The van der Waals surface area contributed by atoms with Crippen LogP contribution in [0.3, 0.4) is 0 Å². The van der Waals surface area contributed by atoms with E-state index < -0.39 is 0 Å². The number of hydrogen-bond donors (Lipinski definition) is 0. The van der Waals surface area contributed by atoms with Gasteiger partial charge in [0.05, 0.1) is 6.10 Å². The van der Waals surface area contributed by atoms with E-state index in [1.807, 2.05) is 0 Å². The van der Waals surface area contributed by atoms with Crippen molar-refractivity contribution in [2.24, 2.45) is 11.8 Å². The summed E-state index contributed by atoms with van der Waals surface area (Å²) in [5, 5.41) is 0. The van der Waals surface area contributed by atoms with Crippen molar-refractivity contribution in [3.63, 3.8) is 0 Å². The number of unbranched alkanes of at least 4 members (excludes halogenated alkanes) is 2. The summed E-state index contributed by atoms with van der Waals surface area (Å²) in [7, 11) is 0. The minimum absolute atomic E-state index is 0.492. The molecular weight excluding hydrogens is 376 g/mol. The summed E-state index contributed by atoms with van der Waals surface area (Å²) in [6.07, 6.45) is 22.0. The van der Waals surface area contributed by atoms with Crippen LogP contribution in [0.4, 0.5) is 0 Å². The average molecular weight is 421 g/mol. The summed E-state index contributed by atoms with van der Waals surface area (Å²) in [6.45, 7) is 5.47. The molecule has 2 aliphatic carbocycles. The first-order valence-electron chi connectivity index (χ1n) is 13.2. The SMILES string of the molecule is CCCCO[C@H]1CC[C@H](c2ccc(C#C/C=C/[C@H]3CC[C@H](CCCC)CC3)cc2)CC1. The fraction of sp³-hybridized carbons (Fsp3) is 0.667. The maximum atomic E-state index is 6.02. The van der Waals surface area contributed by atoms with Crippen molar-refractivity contribution >= 4 is 0 Å². The number of ether oxygens (including phenoxy) is 1. The molecule has 31 heavy (non-hydrogen) atoms. The summed E-state index contributed by atoms with van der Waals surface area (Å²) in [5.74, 6) is 9.03. The molecule has 0 unspecified atom stereocenters. The molecule has 0 heterocycles. The molecule has 2 saturated carbocycles. The Morgan fingerprint density at radius 2 is 1.58 bits per heavy atom. The van der Waals surface area contributed by atoms with Gasteiger partial charge < -0.3 is 4.74 Å². The lowest BCUT2D eigenvalue weighted by Gasteiger charge is -2.29. The Morgan fingerprint density at radius 3 is 2.26 bits per heavy atom. The van der Waals surface area contributed by atoms with Gasteiger partial charge in [-0.1, -0.05) is 69.6 Å². The predicted molar refractivity (Wildman–Crippen MR) is 133 cm³/mol. The average Bonchev–Trinajstić information content (AvgIpc) is 2.82. The molecule has 0 aromatic heterocycles. The van der Waals surface area contributed by atoms with E-state index in [0.29, 0.717) is 12.0 Å². The van der Waals surface area contributed by atoms with E-state index in [9.17, 15) is 0 Å². The number of hydrogen-bond acceptors (Lipinski definition) is 1. The van der Waals surface area contributed by atoms with Gasteiger partial charge in [-0.05, 0) is 99.3 Å². The molecule has 1 aromatic rings. The van der Waals surface area contributed by atoms with Gasteiger partial charge in [0.1, 0.15) is 0 Å². The lowest BCUT2D eigenvalue weighted by atomic mass is 9.80. The van der Waals surface area contributed by atoms with Gasteiger partial charge in [0.15, 0.2) is 0 Å². The normalized spacial score (nSPS) is 26.5. The maximum absolute atomic E-state index is 6.02. The highest BCUT2D eigenvalue weighted by molar-refractivity contribution is 5.39. The van der Waals surface area contributed by atoms with Crippen LogP contribution >= 0.6 is 0 Å². The van der Waals surface area contributed by atoms with Gasteiger partial charge in [0.2, 0.25) is 0 Å². The van der Waals surface area contributed by atoms with Crippen molar-refractivity contribution < 1.29 is 4.74 Å². The summed E-state index contributed by atoms with van der Waals surface area (Å²) in [5.41, 5.74) is 2.61. The van der Waals surface area contributed by atoms with E-state index in [0.717, 1.165) is 24.0 Å². The van der Waals surface area contributed by atoms with Crippen LogP contribution in [0.1, 0.15) is 114 Å². The van der Waals surface area contributed by atoms with Gasteiger partial charge >= 0.3 is 0 Å². The molecule has 0 radical (unpaired) electrons. The van der Waals surface area contributed by atoms with Crippen LogP contribution in [0.15, 0.2) is 36.4 Å². The Labute approximate surface area is 192 Å². The summed E-state index contributed by atoms with van der Waals surface area (Å²) in [6, 6.07) is 9.01. The molecule has 0 spiro atoms. The van der Waals surface area contributed by atoms with Gasteiger partial charge in [0.25, 0.3) is 0 Å². The van der Waals surface area contributed by atoms with Crippen LogP contribution in [-0.2, 0) is 4.74 Å². The van der Waals surface area contributed by atoms with Crippen molar-refractivity contribution in [2.75, 3.05) is 6.61 Å². The van der Waals surface area contributed by atoms with Crippen LogP contribution in [0.5, 0.6) is 0 Å². The van der Waals surface area contributed by atoms with E-state index in [-0.39, 0.29) is 0 Å². The van der Waals surface area contributed by atoms with Crippen molar-refractivity contribution in [3.05, 3.63) is 47.5 Å². The van der Waals surface area contributed by atoms with Crippen molar-refractivity contribution in [3.8, 4) is 11.8 Å². The van der Waals surface area contributed by atoms with Crippen molar-refractivity contribution in [1.82, 2.24) is 0 Å². The van der Waals surface area contributed by atoms with E-state index in [4.69, 9.17) is 4.74 Å². The molecule has 2 aliphatic rings. The van der Waals surface area contributed by atoms with Gasteiger partial charge in [-0.3, -0.25) is 0 Å². The highest BCUT2D eigenvalue weighted by Crippen LogP contribution is 2.34. The van der Waals surface area contributed by atoms with E-state index in [1.54, 1.807) is 0 Å². The number of allylic oxidation sites excluding steroid dienone is 2. The Balaban J connectivity index is 1.38. The van der Waals surface area contributed by atoms with Crippen LogP contribution in [0.2, 0.25) is 0 Å². The largest absolute Gasteiger partial charge is 0.378 e. The number of rotatable bonds is 9. The Bertz CT molecular complexity index is 688. The molecule has 1 heteroatoms. The third-order valence-electron chi connectivity index (χ3n) is 7.43. The van der Waals surface area contributed by atoms with Crippen molar-refractivity contribution in [1.29, 1.82) is 0 Å². The minimum Gasteiger partial charge on any atom is -0.378 e. The molecule has 0 bridgehead atoms. The third-order valence-corrected chi connectivity index (χ3v) is 7.43.